The summed E-state index contributed by atoms with van der Waals surface area (Å²) in [6, 6.07) is 5.81. The summed E-state index contributed by atoms with van der Waals surface area (Å²) in [5.41, 5.74) is 1.62. The average Bonchev–Trinajstić information content (AvgIpc) is 2.35. The summed E-state index contributed by atoms with van der Waals surface area (Å²) >= 11 is 0. The highest BCUT2D eigenvalue weighted by Gasteiger charge is 2.19. The first-order valence-electron chi connectivity index (χ1n) is 6.94. The van der Waals surface area contributed by atoms with Gasteiger partial charge in [0.25, 0.3) is 0 Å². The lowest BCUT2D eigenvalue weighted by Gasteiger charge is -2.32. The van der Waals surface area contributed by atoms with Crippen molar-refractivity contribution in [2.45, 2.75) is 39.2 Å². The molecule has 2 rings (SSSR count). The van der Waals surface area contributed by atoms with Crippen molar-refractivity contribution in [3.63, 3.8) is 0 Å². The quantitative estimate of drug-likeness (QED) is 0.881. The molecule has 1 aliphatic rings. The van der Waals surface area contributed by atoms with Gasteiger partial charge >= 0.3 is 0 Å². The molecule has 1 fully saturated rings. The van der Waals surface area contributed by atoms with E-state index in [0.717, 1.165) is 31.5 Å². The van der Waals surface area contributed by atoms with E-state index in [-0.39, 0.29) is 5.82 Å². The molecule has 0 aromatic heterocycles. The molecule has 1 N–H and O–H groups in total. The highest BCUT2D eigenvalue weighted by atomic mass is 19.1. The third kappa shape index (κ3) is 3.45. The molecular formula is C15H23FN2. The summed E-state index contributed by atoms with van der Waals surface area (Å²) in [6.45, 7) is 7.56. The lowest BCUT2D eigenvalue weighted by Crippen LogP contribution is -2.39. The number of piperidine rings is 1. The summed E-state index contributed by atoms with van der Waals surface area (Å²) in [5, 5.41) is 3.34. The second kappa shape index (κ2) is 6.19. The molecule has 3 heteroatoms. The van der Waals surface area contributed by atoms with E-state index in [2.05, 4.69) is 17.1 Å². The SMILES string of the molecule is CCCN1CCC(Nc2ccc(C)cc2F)CC1. The molecule has 0 radical (unpaired) electrons. The topological polar surface area (TPSA) is 15.3 Å². The van der Waals surface area contributed by atoms with E-state index in [1.807, 2.05) is 19.1 Å². The summed E-state index contributed by atoms with van der Waals surface area (Å²) in [4.78, 5) is 2.49. The zero-order valence-corrected chi connectivity index (χ0v) is 11.4. The van der Waals surface area contributed by atoms with Gasteiger partial charge in [-0.05, 0) is 50.4 Å². The van der Waals surface area contributed by atoms with E-state index in [1.165, 1.54) is 13.0 Å². The van der Waals surface area contributed by atoms with E-state index in [1.54, 1.807) is 6.07 Å². The number of rotatable bonds is 4. The number of nitrogens with zero attached hydrogens (tertiary/aromatic N) is 1. The number of hydrogen-bond donors (Lipinski definition) is 1. The minimum Gasteiger partial charge on any atom is -0.380 e. The van der Waals surface area contributed by atoms with Crippen LogP contribution in [0.15, 0.2) is 18.2 Å². The molecule has 0 unspecified atom stereocenters. The van der Waals surface area contributed by atoms with Gasteiger partial charge in [-0.25, -0.2) is 4.39 Å². The first kappa shape index (κ1) is 13.3. The van der Waals surface area contributed by atoms with Crippen molar-refractivity contribution < 1.29 is 4.39 Å². The Hall–Kier alpha value is -1.09. The number of likely N-dealkylation sites (tertiary alicyclic amines) is 1. The Morgan fingerprint density at radius 3 is 2.67 bits per heavy atom. The Kier molecular flexibility index (Phi) is 4.59. The van der Waals surface area contributed by atoms with Crippen LogP contribution in [0.2, 0.25) is 0 Å². The van der Waals surface area contributed by atoms with Gasteiger partial charge < -0.3 is 10.2 Å². The van der Waals surface area contributed by atoms with Crippen LogP contribution in [0.4, 0.5) is 10.1 Å². The smallest absolute Gasteiger partial charge is 0.146 e. The fourth-order valence-electron chi connectivity index (χ4n) is 2.57. The van der Waals surface area contributed by atoms with Gasteiger partial charge in [0.05, 0.1) is 5.69 Å². The van der Waals surface area contributed by atoms with Gasteiger partial charge in [-0.1, -0.05) is 13.0 Å². The molecule has 1 aliphatic heterocycles. The van der Waals surface area contributed by atoms with Crippen molar-refractivity contribution in [1.29, 1.82) is 0 Å². The van der Waals surface area contributed by atoms with Gasteiger partial charge in [-0.2, -0.15) is 0 Å². The molecule has 1 heterocycles. The van der Waals surface area contributed by atoms with Crippen LogP contribution in [-0.2, 0) is 0 Å². The van der Waals surface area contributed by atoms with Crippen LogP contribution in [0.1, 0.15) is 31.7 Å². The molecular weight excluding hydrogens is 227 g/mol. The van der Waals surface area contributed by atoms with Gasteiger partial charge in [0.2, 0.25) is 0 Å². The van der Waals surface area contributed by atoms with Gasteiger partial charge in [-0.3, -0.25) is 0 Å². The van der Waals surface area contributed by atoms with E-state index >= 15 is 0 Å². The normalized spacial score (nSPS) is 17.9. The van der Waals surface area contributed by atoms with Crippen molar-refractivity contribution in [2.24, 2.45) is 0 Å². The lowest BCUT2D eigenvalue weighted by atomic mass is 10.0. The maximum Gasteiger partial charge on any atom is 0.146 e. The fourth-order valence-corrected chi connectivity index (χ4v) is 2.57. The highest BCUT2D eigenvalue weighted by Crippen LogP contribution is 2.20. The molecule has 0 aliphatic carbocycles. The number of halogens is 1. The predicted octanol–water partition coefficient (Wildman–Crippen LogP) is 3.42. The van der Waals surface area contributed by atoms with Gasteiger partial charge in [0.15, 0.2) is 0 Å². The molecule has 0 spiro atoms. The molecule has 0 saturated carbocycles. The molecule has 0 amide bonds. The summed E-state index contributed by atoms with van der Waals surface area (Å²) in [7, 11) is 0. The standard InChI is InChI=1S/C15H23FN2/c1-3-8-18-9-6-13(7-10-18)17-15-5-4-12(2)11-14(15)16/h4-5,11,13,17H,3,6-10H2,1-2H3. The monoisotopic (exact) mass is 250 g/mol. The molecule has 1 saturated heterocycles. The van der Waals surface area contributed by atoms with Crippen LogP contribution in [0.3, 0.4) is 0 Å². The molecule has 100 valence electrons. The van der Waals surface area contributed by atoms with Crippen molar-refractivity contribution in [2.75, 3.05) is 25.0 Å². The van der Waals surface area contributed by atoms with Crippen LogP contribution in [0.25, 0.3) is 0 Å². The average molecular weight is 250 g/mol. The summed E-state index contributed by atoms with van der Waals surface area (Å²) < 4.78 is 13.7. The van der Waals surface area contributed by atoms with Gasteiger partial charge in [0, 0.05) is 19.1 Å². The van der Waals surface area contributed by atoms with Crippen LogP contribution in [0, 0.1) is 12.7 Å². The molecule has 18 heavy (non-hydrogen) atoms. The Bertz CT molecular complexity index is 384. The van der Waals surface area contributed by atoms with Crippen molar-refractivity contribution in [3.05, 3.63) is 29.6 Å². The Balaban J connectivity index is 1.87. The lowest BCUT2D eigenvalue weighted by molar-refractivity contribution is 0.219. The first-order chi connectivity index (χ1) is 8.69. The number of aryl methyl sites for hydroxylation is 1. The minimum atomic E-state index is -0.133. The highest BCUT2D eigenvalue weighted by molar-refractivity contribution is 5.47. The number of benzene rings is 1. The van der Waals surface area contributed by atoms with Gasteiger partial charge in [-0.15, -0.1) is 0 Å². The zero-order valence-electron chi connectivity index (χ0n) is 11.4. The molecule has 1 aromatic carbocycles. The minimum absolute atomic E-state index is 0.133. The maximum absolute atomic E-state index is 13.7. The number of hydrogen-bond acceptors (Lipinski definition) is 2. The maximum atomic E-state index is 13.7. The second-order valence-electron chi connectivity index (χ2n) is 5.24. The summed E-state index contributed by atoms with van der Waals surface area (Å²) in [6.07, 6.45) is 3.42. The second-order valence-corrected chi connectivity index (χ2v) is 5.24. The number of nitrogens with one attached hydrogen (secondary N) is 1. The first-order valence-corrected chi connectivity index (χ1v) is 6.94. The van der Waals surface area contributed by atoms with E-state index in [9.17, 15) is 4.39 Å². The van der Waals surface area contributed by atoms with E-state index < -0.39 is 0 Å². The van der Waals surface area contributed by atoms with Crippen molar-refractivity contribution in [1.82, 2.24) is 4.90 Å². The van der Waals surface area contributed by atoms with Gasteiger partial charge in [0.1, 0.15) is 5.82 Å². The third-order valence-corrected chi connectivity index (χ3v) is 3.61. The Labute approximate surface area is 109 Å². The van der Waals surface area contributed by atoms with Crippen molar-refractivity contribution in [3.8, 4) is 0 Å². The van der Waals surface area contributed by atoms with Crippen molar-refractivity contribution >= 4 is 5.69 Å². The molecule has 1 aromatic rings. The molecule has 2 nitrogen and oxygen atoms in total. The Morgan fingerprint density at radius 1 is 1.33 bits per heavy atom. The number of anilines is 1. The van der Waals surface area contributed by atoms with E-state index in [0.29, 0.717) is 11.7 Å². The summed E-state index contributed by atoms with van der Waals surface area (Å²) in [5.74, 6) is -0.133. The van der Waals surface area contributed by atoms with Crippen LogP contribution in [0.5, 0.6) is 0 Å². The molecule has 0 atom stereocenters. The van der Waals surface area contributed by atoms with Crippen LogP contribution in [-0.4, -0.2) is 30.6 Å². The molecule has 0 bridgehead atoms. The van der Waals surface area contributed by atoms with Crippen LogP contribution < -0.4 is 5.32 Å². The fraction of sp³-hybridized carbons (Fsp3) is 0.600. The van der Waals surface area contributed by atoms with E-state index in [4.69, 9.17) is 0 Å². The third-order valence-electron chi connectivity index (χ3n) is 3.61. The zero-order chi connectivity index (χ0) is 13.0. The predicted molar refractivity (Wildman–Crippen MR) is 74.5 cm³/mol. The largest absolute Gasteiger partial charge is 0.380 e. The Morgan fingerprint density at radius 2 is 2.06 bits per heavy atom. The van der Waals surface area contributed by atoms with Crippen LogP contribution >= 0.6 is 0 Å².